The Kier molecular flexibility index (Phi) is 8.09. The van der Waals surface area contributed by atoms with Gasteiger partial charge in [0.15, 0.2) is 11.4 Å². The van der Waals surface area contributed by atoms with E-state index in [9.17, 15) is 14.4 Å². The number of Topliss-reactive ketones (excluding diaryl/α,β-unsaturated/α-hetero) is 1. The third-order valence-electron chi connectivity index (χ3n) is 4.83. The zero-order chi connectivity index (χ0) is 23.3. The molecule has 0 saturated carbocycles. The maximum atomic E-state index is 13.1. The summed E-state index contributed by atoms with van der Waals surface area (Å²) in [6.07, 6.45) is -1.01. The molecule has 0 spiro atoms. The minimum Gasteiger partial charge on any atom is -0.447 e. The van der Waals surface area contributed by atoms with Crippen LogP contribution in [0.25, 0.3) is 11.1 Å². The lowest BCUT2D eigenvalue weighted by molar-refractivity contribution is -0.125. The molecule has 4 N–H and O–H groups in total. The molecule has 2 unspecified atom stereocenters. The number of nitrogens with zero attached hydrogens (tertiary/aromatic N) is 2. The average molecular weight is 434 g/mol. The highest BCUT2D eigenvalue weighted by Crippen LogP contribution is 2.19. The lowest BCUT2D eigenvalue weighted by Crippen LogP contribution is -2.59. The number of alkyl carbamates (subject to hydrolysis) is 1. The molecule has 2 amide bonds. The van der Waals surface area contributed by atoms with Crippen LogP contribution in [-0.2, 0) is 9.53 Å². The van der Waals surface area contributed by atoms with Gasteiger partial charge in [0, 0.05) is 5.27 Å². The Morgan fingerprint density at radius 3 is 2.29 bits per heavy atom. The van der Waals surface area contributed by atoms with Crippen LogP contribution < -0.4 is 16.4 Å². The number of benzene rings is 1. The largest absolute Gasteiger partial charge is 0.447 e. The van der Waals surface area contributed by atoms with Crippen molar-refractivity contribution in [3.63, 3.8) is 0 Å². The zero-order valence-corrected chi connectivity index (χ0v) is 18.7. The molecule has 2 aromatic rings. The van der Waals surface area contributed by atoms with E-state index in [2.05, 4.69) is 21.0 Å². The van der Waals surface area contributed by atoms with E-state index in [1.165, 1.54) is 0 Å². The number of rotatable bonds is 9. The molecule has 0 aliphatic heterocycles. The minimum atomic E-state index is -1.04. The Labute approximate surface area is 181 Å². The molecule has 0 aliphatic rings. The molecule has 10 nitrogen and oxygen atoms in total. The maximum Gasteiger partial charge on any atom is 0.408 e. The van der Waals surface area contributed by atoms with E-state index in [1.54, 1.807) is 45.9 Å². The van der Waals surface area contributed by atoms with E-state index >= 15 is 0 Å². The number of nitrogens with one attached hydrogen (secondary N) is 2. The number of fused-ring (bicyclic) bond motifs is 1. The number of carbonyl (C=O) groups is 3. The molecule has 0 fully saturated rings. The summed E-state index contributed by atoms with van der Waals surface area (Å²) in [5.41, 5.74) is 7.25. The van der Waals surface area contributed by atoms with Gasteiger partial charge in [0.05, 0.1) is 23.8 Å². The summed E-state index contributed by atoms with van der Waals surface area (Å²) < 4.78 is 10.1. The Balaban J connectivity index is 2.20. The minimum absolute atomic E-state index is 0.159. The van der Waals surface area contributed by atoms with Gasteiger partial charge in [0.25, 0.3) is 0 Å². The highest BCUT2D eigenvalue weighted by Gasteiger charge is 2.34. The highest BCUT2D eigenvalue weighted by molar-refractivity contribution is 6.08. The van der Waals surface area contributed by atoms with Crippen LogP contribution in [0.3, 0.4) is 0 Å². The van der Waals surface area contributed by atoms with E-state index in [1.807, 2.05) is 13.8 Å². The van der Waals surface area contributed by atoms with Crippen molar-refractivity contribution < 1.29 is 23.6 Å². The van der Waals surface area contributed by atoms with Gasteiger partial charge in [-0.2, -0.15) is 0 Å². The molecule has 0 aliphatic carbocycles. The summed E-state index contributed by atoms with van der Waals surface area (Å²) in [5, 5.41) is 12.8. The second-order valence-electron chi connectivity index (χ2n) is 8.41. The van der Waals surface area contributed by atoms with Gasteiger partial charge in [-0.15, -0.1) is 5.10 Å². The second kappa shape index (κ2) is 10.3. The molecular formula is C21H31N5O5. The van der Waals surface area contributed by atoms with E-state index in [-0.39, 0.29) is 23.5 Å². The summed E-state index contributed by atoms with van der Waals surface area (Å²) >= 11 is 0. The van der Waals surface area contributed by atoms with Crippen molar-refractivity contribution in [3.05, 3.63) is 23.8 Å². The summed E-state index contributed by atoms with van der Waals surface area (Å²) in [6.45, 7) is 10.7. The molecule has 0 saturated heterocycles. The van der Waals surface area contributed by atoms with Crippen LogP contribution in [0.15, 0.2) is 22.7 Å². The van der Waals surface area contributed by atoms with Gasteiger partial charge in [-0.25, -0.2) is 4.79 Å². The van der Waals surface area contributed by atoms with Gasteiger partial charge in [0.1, 0.15) is 11.6 Å². The number of nitrogens with two attached hydrogens (primary N) is 1. The third-order valence-corrected chi connectivity index (χ3v) is 4.83. The van der Waals surface area contributed by atoms with Crippen molar-refractivity contribution >= 4 is 28.9 Å². The van der Waals surface area contributed by atoms with Crippen molar-refractivity contribution in [1.29, 1.82) is 0 Å². The van der Waals surface area contributed by atoms with E-state index in [4.69, 9.17) is 15.0 Å². The fraction of sp³-hybridized carbons (Fsp3) is 0.571. The molecule has 0 bridgehead atoms. The molecule has 10 heteroatoms. The lowest BCUT2D eigenvalue weighted by Gasteiger charge is -2.30. The van der Waals surface area contributed by atoms with E-state index < -0.39 is 35.9 Å². The monoisotopic (exact) mass is 433 g/mol. The molecule has 0 radical (unpaired) electrons. The Morgan fingerprint density at radius 1 is 1.03 bits per heavy atom. The predicted molar refractivity (Wildman–Crippen MR) is 114 cm³/mol. The number of ether oxygens (including phenoxy) is 1. The van der Waals surface area contributed by atoms with Crippen LogP contribution in [-0.4, -0.2) is 52.4 Å². The SMILES string of the molecule is CC(C)OC(=O)NC(C(=O)NC(C(C)C)[C@H](N)C(=O)c1cccc2onnc12)C(C)C. The first-order chi connectivity index (χ1) is 14.5. The standard InChI is InChI=1S/C21H31N5O5/c1-10(2)16(23-20(28)17(11(3)4)24-21(29)30-12(5)6)15(22)19(27)13-8-7-9-14-18(13)25-26-31-14/h7-12,15-17H,22H2,1-6H3,(H,23,28)(H,24,29)/t15-,16?,17?/m0/s1. The van der Waals surface area contributed by atoms with Crippen LogP contribution in [0.4, 0.5) is 4.79 Å². The first-order valence-corrected chi connectivity index (χ1v) is 10.3. The van der Waals surface area contributed by atoms with Crippen LogP contribution >= 0.6 is 0 Å². The quantitative estimate of drug-likeness (QED) is 0.509. The van der Waals surface area contributed by atoms with Gasteiger partial charge in [-0.1, -0.05) is 33.8 Å². The molecule has 31 heavy (non-hydrogen) atoms. The van der Waals surface area contributed by atoms with E-state index in [0.29, 0.717) is 11.1 Å². The van der Waals surface area contributed by atoms with Crippen LogP contribution in [0.1, 0.15) is 51.9 Å². The van der Waals surface area contributed by atoms with Crippen LogP contribution in [0.2, 0.25) is 0 Å². The zero-order valence-electron chi connectivity index (χ0n) is 18.7. The number of carbonyl (C=O) groups excluding carboxylic acids is 3. The fourth-order valence-corrected chi connectivity index (χ4v) is 3.18. The molecule has 1 heterocycles. The Hall–Kier alpha value is -3.01. The van der Waals surface area contributed by atoms with Crippen molar-refractivity contribution in [2.75, 3.05) is 0 Å². The third kappa shape index (κ3) is 6.00. The predicted octanol–water partition coefficient (Wildman–Crippen LogP) is 2.03. The second-order valence-corrected chi connectivity index (χ2v) is 8.41. The Morgan fingerprint density at radius 2 is 1.71 bits per heavy atom. The highest BCUT2D eigenvalue weighted by atomic mass is 16.6. The van der Waals surface area contributed by atoms with E-state index in [0.717, 1.165) is 0 Å². The molecule has 1 aromatic heterocycles. The number of ketones is 1. The number of aromatic nitrogens is 2. The van der Waals surface area contributed by atoms with Crippen LogP contribution in [0, 0.1) is 11.8 Å². The van der Waals surface area contributed by atoms with Gasteiger partial charge >= 0.3 is 6.09 Å². The average Bonchev–Trinajstić information content (AvgIpc) is 3.16. The number of hydrogen-bond donors (Lipinski definition) is 3. The summed E-state index contributed by atoms with van der Waals surface area (Å²) in [5.74, 6) is -1.21. The van der Waals surface area contributed by atoms with Gasteiger partial charge in [0.2, 0.25) is 5.91 Å². The maximum absolute atomic E-state index is 13.1. The van der Waals surface area contributed by atoms with Crippen LogP contribution in [0.5, 0.6) is 0 Å². The van der Waals surface area contributed by atoms with Gasteiger partial charge < -0.3 is 25.6 Å². The summed E-state index contributed by atoms with van der Waals surface area (Å²) in [6, 6.07) is 2.32. The van der Waals surface area contributed by atoms with Crippen molar-refractivity contribution in [2.24, 2.45) is 17.6 Å². The van der Waals surface area contributed by atoms with Crippen molar-refractivity contribution in [3.8, 4) is 0 Å². The first kappa shape index (κ1) is 24.3. The molecular weight excluding hydrogens is 402 g/mol. The topological polar surface area (TPSA) is 149 Å². The molecule has 2 rings (SSSR count). The number of hydrogen-bond acceptors (Lipinski definition) is 8. The summed E-state index contributed by atoms with van der Waals surface area (Å²) in [7, 11) is 0. The first-order valence-electron chi connectivity index (χ1n) is 10.3. The van der Waals surface area contributed by atoms with Crippen molar-refractivity contribution in [2.45, 2.75) is 65.8 Å². The fourth-order valence-electron chi connectivity index (χ4n) is 3.18. The van der Waals surface area contributed by atoms with Crippen molar-refractivity contribution in [1.82, 2.24) is 21.0 Å². The summed E-state index contributed by atoms with van der Waals surface area (Å²) in [4.78, 5) is 38.1. The molecule has 3 atom stereocenters. The van der Waals surface area contributed by atoms with Gasteiger partial charge in [-0.05, 0) is 37.8 Å². The molecule has 170 valence electrons. The lowest BCUT2D eigenvalue weighted by atomic mass is 9.90. The number of amides is 2. The molecule has 1 aromatic carbocycles. The normalized spacial score (nSPS) is 14.5. The Bertz CT molecular complexity index is 924. The smallest absolute Gasteiger partial charge is 0.408 e. The van der Waals surface area contributed by atoms with Gasteiger partial charge in [-0.3, -0.25) is 9.59 Å².